The molecule has 0 saturated heterocycles. The average Bonchev–Trinajstić information content (AvgIpc) is 3.09. The third-order valence-electron chi connectivity index (χ3n) is 4.40. The van der Waals surface area contributed by atoms with Crippen LogP contribution in [0, 0.1) is 0 Å². The lowest BCUT2D eigenvalue weighted by Gasteiger charge is -2.07. The van der Waals surface area contributed by atoms with Crippen molar-refractivity contribution in [2.75, 3.05) is 0 Å². The number of fused-ring (bicyclic) bond motifs is 6. The highest BCUT2D eigenvalue weighted by molar-refractivity contribution is 6.12. The molecule has 2 heteroatoms. The molecule has 0 aliphatic rings. The quantitative estimate of drug-likeness (QED) is 0.383. The van der Waals surface area contributed by atoms with Gasteiger partial charge in [-0.2, -0.15) is 5.10 Å². The summed E-state index contributed by atoms with van der Waals surface area (Å²) >= 11 is 0. The Morgan fingerprint density at radius 3 is 1.96 bits per heavy atom. The standard InChI is InChI=1S/C21H14N2/c1-2-8-15(9-3-1)19-14-21-18-12-5-4-10-16(18)17-11-6-7-13-20(17)23(21)22-19/h1-14H. The summed E-state index contributed by atoms with van der Waals surface area (Å²) in [4.78, 5) is 0. The van der Waals surface area contributed by atoms with Gasteiger partial charge in [0.05, 0.1) is 16.7 Å². The van der Waals surface area contributed by atoms with E-state index in [1.165, 1.54) is 16.2 Å². The molecule has 3 aromatic carbocycles. The molecule has 2 aromatic heterocycles. The fraction of sp³-hybridized carbons (Fsp3) is 0. The van der Waals surface area contributed by atoms with E-state index in [4.69, 9.17) is 5.10 Å². The molecule has 2 nitrogen and oxygen atoms in total. The Hall–Kier alpha value is -3.13. The van der Waals surface area contributed by atoms with E-state index in [0.29, 0.717) is 0 Å². The second-order valence-corrected chi connectivity index (χ2v) is 5.76. The highest BCUT2D eigenvalue weighted by atomic mass is 15.2. The Balaban J connectivity index is 1.99. The number of hydrogen-bond donors (Lipinski definition) is 0. The first-order valence-electron chi connectivity index (χ1n) is 7.76. The van der Waals surface area contributed by atoms with Gasteiger partial charge in [0, 0.05) is 16.3 Å². The summed E-state index contributed by atoms with van der Waals surface area (Å²) in [5.41, 5.74) is 4.44. The van der Waals surface area contributed by atoms with Crippen molar-refractivity contribution in [2.45, 2.75) is 0 Å². The van der Waals surface area contributed by atoms with Crippen molar-refractivity contribution >= 4 is 27.2 Å². The Bertz CT molecular complexity index is 1080. The van der Waals surface area contributed by atoms with Crippen LogP contribution in [-0.2, 0) is 0 Å². The largest absolute Gasteiger partial charge is 0.232 e. The summed E-state index contributed by atoms with van der Waals surface area (Å²) in [6.45, 7) is 0. The van der Waals surface area contributed by atoms with E-state index in [2.05, 4.69) is 83.4 Å². The number of hydrogen-bond acceptors (Lipinski definition) is 1. The van der Waals surface area contributed by atoms with Gasteiger partial charge in [-0.25, -0.2) is 4.52 Å². The number of benzene rings is 3. The molecule has 0 radical (unpaired) electrons. The minimum atomic E-state index is 1.01. The lowest BCUT2D eigenvalue weighted by Crippen LogP contribution is -1.92. The van der Waals surface area contributed by atoms with Crippen LogP contribution in [0.3, 0.4) is 0 Å². The van der Waals surface area contributed by atoms with E-state index < -0.39 is 0 Å². The molecule has 0 aliphatic carbocycles. The van der Waals surface area contributed by atoms with Gasteiger partial charge in [-0.1, -0.05) is 72.8 Å². The van der Waals surface area contributed by atoms with Gasteiger partial charge >= 0.3 is 0 Å². The lowest BCUT2D eigenvalue weighted by atomic mass is 10.0. The van der Waals surface area contributed by atoms with Gasteiger partial charge in [-0.05, 0) is 17.5 Å². The third kappa shape index (κ3) is 1.78. The van der Waals surface area contributed by atoms with Gasteiger partial charge in [0.1, 0.15) is 0 Å². The number of rotatable bonds is 1. The van der Waals surface area contributed by atoms with E-state index in [1.807, 2.05) is 6.07 Å². The number of para-hydroxylation sites is 1. The molecule has 0 spiro atoms. The summed E-state index contributed by atoms with van der Waals surface area (Å²) in [7, 11) is 0. The van der Waals surface area contributed by atoms with Gasteiger partial charge in [0.25, 0.3) is 0 Å². The van der Waals surface area contributed by atoms with Crippen molar-refractivity contribution in [1.82, 2.24) is 9.61 Å². The number of aromatic nitrogens is 2. The van der Waals surface area contributed by atoms with Gasteiger partial charge in [0.15, 0.2) is 0 Å². The van der Waals surface area contributed by atoms with E-state index in [-0.39, 0.29) is 0 Å². The molecule has 0 fully saturated rings. The molecule has 0 amide bonds. The summed E-state index contributed by atoms with van der Waals surface area (Å²) in [5.74, 6) is 0. The monoisotopic (exact) mass is 294 g/mol. The summed E-state index contributed by atoms with van der Waals surface area (Å²) in [6.07, 6.45) is 0. The van der Waals surface area contributed by atoms with Crippen LogP contribution in [0.2, 0.25) is 0 Å². The van der Waals surface area contributed by atoms with Crippen molar-refractivity contribution in [1.29, 1.82) is 0 Å². The molecule has 0 N–H and O–H groups in total. The predicted molar refractivity (Wildman–Crippen MR) is 95.6 cm³/mol. The maximum atomic E-state index is 4.88. The maximum absolute atomic E-state index is 4.88. The second kappa shape index (κ2) is 4.68. The van der Waals surface area contributed by atoms with Crippen LogP contribution < -0.4 is 0 Å². The molecule has 0 atom stereocenters. The van der Waals surface area contributed by atoms with Crippen LogP contribution >= 0.6 is 0 Å². The van der Waals surface area contributed by atoms with Crippen LogP contribution in [0.1, 0.15) is 0 Å². The predicted octanol–water partition coefficient (Wildman–Crippen LogP) is 5.31. The zero-order chi connectivity index (χ0) is 15.2. The molecule has 0 aliphatic heterocycles. The van der Waals surface area contributed by atoms with Crippen molar-refractivity contribution in [2.24, 2.45) is 0 Å². The van der Waals surface area contributed by atoms with Crippen LogP contribution in [0.15, 0.2) is 84.9 Å². The van der Waals surface area contributed by atoms with Crippen LogP contribution in [0.5, 0.6) is 0 Å². The molecule has 0 unspecified atom stereocenters. The molecule has 5 aromatic rings. The molecule has 108 valence electrons. The topological polar surface area (TPSA) is 17.3 Å². The fourth-order valence-corrected chi connectivity index (χ4v) is 3.33. The fourth-order valence-electron chi connectivity index (χ4n) is 3.33. The third-order valence-corrected chi connectivity index (χ3v) is 4.40. The molecule has 0 saturated carbocycles. The highest BCUT2D eigenvalue weighted by Crippen LogP contribution is 2.31. The van der Waals surface area contributed by atoms with E-state index in [9.17, 15) is 0 Å². The van der Waals surface area contributed by atoms with Gasteiger partial charge in [0.2, 0.25) is 0 Å². The second-order valence-electron chi connectivity index (χ2n) is 5.76. The van der Waals surface area contributed by atoms with Gasteiger partial charge < -0.3 is 0 Å². The number of pyridine rings is 1. The molecule has 5 rings (SSSR count). The minimum Gasteiger partial charge on any atom is -0.232 e. The van der Waals surface area contributed by atoms with Crippen LogP contribution in [-0.4, -0.2) is 9.61 Å². The summed E-state index contributed by atoms with van der Waals surface area (Å²) in [6, 6.07) is 29.5. The summed E-state index contributed by atoms with van der Waals surface area (Å²) < 4.78 is 2.07. The SMILES string of the molecule is c1ccc(-c2cc3c4ccccc4c4ccccc4n3n2)cc1. The van der Waals surface area contributed by atoms with Crippen molar-refractivity contribution < 1.29 is 0 Å². The molecule has 23 heavy (non-hydrogen) atoms. The Morgan fingerprint density at radius 1 is 0.565 bits per heavy atom. The van der Waals surface area contributed by atoms with E-state index >= 15 is 0 Å². The van der Waals surface area contributed by atoms with E-state index in [0.717, 1.165) is 22.3 Å². The number of nitrogens with zero attached hydrogens (tertiary/aromatic N) is 2. The van der Waals surface area contributed by atoms with Crippen molar-refractivity contribution in [3.05, 3.63) is 84.9 Å². The minimum absolute atomic E-state index is 1.01. The van der Waals surface area contributed by atoms with E-state index in [1.54, 1.807) is 0 Å². The molecule has 2 heterocycles. The molecular formula is C21H14N2. The lowest BCUT2D eigenvalue weighted by molar-refractivity contribution is 1.01. The maximum Gasteiger partial charge on any atom is 0.0934 e. The van der Waals surface area contributed by atoms with Gasteiger partial charge in [-0.15, -0.1) is 0 Å². The molecule has 0 bridgehead atoms. The smallest absolute Gasteiger partial charge is 0.0934 e. The first-order valence-corrected chi connectivity index (χ1v) is 7.76. The zero-order valence-electron chi connectivity index (χ0n) is 12.5. The first-order chi connectivity index (χ1) is 11.4. The molecular weight excluding hydrogens is 280 g/mol. The van der Waals surface area contributed by atoms with Crippen molar-refractivity contribution in [3.63, 3.8) is 0 Å². The Morgan fingerprint density at radius 2 is 1.17 bits per heavy atom. The van der Waals surface area contributed by atoms with Crippen molar-refractivity contribution in [3.8, 4) is 11.3 Å². The highest BCUT2D eigenvalue weighted by Gasteiger charge is 2.11. The Kier molecular flexibility index (Phi) is 2.53. The first kappa shape index (κ1) is 12.4. The normalized spacial score (nSPS) is 11.5. The Labute approximate surface area is 133 Å². The van der Waals surface area contributed by atoms with Crippen LogP contribution in [0.25, 0.3) is 38.4 Å². The zero-order valence-corrected chi connectivity index (χ0v) is 12.5. The van der Waals surface area contributed by atoms with Crippen LogP contribution in [0.4, 0.5) is 0 Å². The van der Waals surface area contributed by atoms with Gasteiger partial charge in [-0.3, -0.25) is 0 Å². The summed E-state index contributed by atoms with van der Waals surface area (Å²) in [5, 5.41) is 8.62. The average molecular weight is 294 g/mol.